The van der Waals surface area contributed by atoms with Crippen LogP contribution < -0.4 is 10.1 Å². The minimum absolute atomic E-state index is 0.139. The number of likely N-dealkylation sites (N-methyl/N-ethyl adjacent to an activating group) is 1. The molecule has 2 aliphatic heterocycles. The van der Waals surface area contributed by atoms with E-state index in [0.29, 0.717) is 18.0 Å². The highest BCUT2D eigenvalue weighted by Crippen LogP contribution is 2.43. The van der Waals surface area contributed by atoms with Gasteiger partial charge in [0.05, 0.1) is 31.1 Å². The molecule has 1 atom stereocenters. The molecule has 0 unspecified atom stereocenters. The number of thiophene rings is 1. The molecule has 0 fully saturated rings. The Morgan fingerprint density at radius 1 is 1.03 bits per heavy atom. The number of hydrogen-bond acceptors (Lipinski definition) is 4. The molecule has 2 aromatic carbocycles. The minimum Gasteiger partial charge on any atom is -0.495 e. The fourth-order valence-corrected chi connectivity index (χ4v) is 6.87. The molecule has 2 aromatic heterocycles. The van der Waals surface area contributed by atoms with Gasteiger partial charge in [-0.1, -0.05) is 49.4 Å². The van der Waals surface area contributed by atoms with E-state index in [2.05, 4.69) is 52.2 Å². The molecule has 0 saturated carbocycles. The van der Waals surface area contributed by atoms with Gasteiger partial charge in [-0.15, -0.1) is 11.3 Å². The van der Waals surface area contributed by atoms with E-state index in [1.165, 1.54) is 21.0 Å². The second-order valence-electron chi connectivity index (χ2n) is 9.28. The number of para-hydroxylation sites is 2. The van der Waals surface area contributed by atoms with Crippen LogP contribution in [0.4, 0.5) is 10.5 Å². The zero-order chi connectivity index (χ0) is 24.6. The molecule has 2 aliphatic rings. The first-order chi connectivity index (χ1) is 17.7. The number of anilines is 1. The molecule has 36 heavy (non-hydrogen) atoms. The lowest BCUT2D eigenvalue weighted by atomic mass is 10.00. The van der Waals surface area contributed by atoms with Crippen LogP contribution in [0.25, 0.3) is 5.00 Å². The number of rotatable bonds is 4. The Hall–Kier alpha value is -3.55. The summed E-state index contributed by atoms with van der Waals surface area (Å²) < 4.78 is 7.82. The Morgan fingerprint density at radius 2 is 1.83 bits per heavy atom. The van der Waals surface area contributed by atoms with Crippen LogP contribution in [-0.2, 0) is 19.5 Å². The first-order valence-electron chi connectivity index (χ1n) is 12.5. The Kier molecular flexibility index (Phi) is 6.03. The zero-order valence-electron chi connectivity index (χ0n) is 20.6. The lowest BCUT2D eigenvalue weighted by Gasteiger charge is -2.32. The highest BCUT2D eigenvalue weighted by molar-refractivity contribution is 7.15. The number of nitrogens with zero attached hydrogens (tertiary/aromatic N) is 3. The van der Waals surface area contributed by atoms with Gasteiger partial charge in [-0.05, 0) is 48.4 Å². The smallest absolute Gasteiger partial charge is 0.323 e. The summed E-state index contributed by atoms with van der Waals surface area (Å²) in [5.74, 6) is 0.647. The maximum absolute atomic E-state index is 14.0. The van der Waals surface area contributed by atoms with E-state index in [1.54, 1.807) is 7.11 Å². The van der Waals surface area contributed by atoms with Crippen LogP contribution in [0, 0.1) is 0 Å². The van der Waals surface area contributed by atoms with Gasteiger partial charge in [-0.3, -0.25) is 4.90 Å². The standard InChI is InChI=1S/C29H30N4O2S/c1-3-31-17-15-21-22-18-33(29(34)30-23-12-7-8-14-25(23)35-2)27(20-10-5-4-6-11-20)24-13-9-16-32(24)28(22)36-26(21)19-31/h4-14,16,27H,3,15,17-19H2,1-2H3,(H,30,34)/t27-/m0/s1. The molecule has 4 heterocycles. The van der Waals surface area contributed by atoms with E-state index in [9.17, 15) is 4.79 Å². The van der Waals surface area contributed by atoms with E-state index >= 15 is 0 Å². The maximum Gasteiger partial charge on any atom is 0.323 e. The van der Waals surface area contributed by atoms with Crippen molar-refractivity contribution in [1.29, 1.82) is 0 Å². The summed E-state index contributed by atoms with van der Waals surface area (Å²) in [6.45, 7) is 5.87. The van der Waals surface area contributed by atoms with E-state index in [-0.39, 0.29) is 12.1 Å². The molecule has 0 spiro atoms. The van der Waals surface area contributed by atoms with Crippen LogP contribution in [0.3, 0.4) is 0 Å². The van der Waals surface area contributed by atoms with Gasteiger partial charge >= 0.3 is 6.03 Å². The first-order valence-corrected chi connectivity index (χ1v) is 13.3. The van der Waals surface area contributed by atoms with Gasteiger partial charge in [0.1, 0.15) is 10.8 Å². The third-order valence-corrected chi connectivity index (χ3v) is 8.57. The second kappa shape index (κ2) is 9.48. The summed E-state index contributed by atoms with van der Waals surface area (Å²) in [5.41, 5.74) is 5.55. The molecule has 1 N–H and O–H groups in total. The van der Waals surface area contributed by atoms with Crippen LogP contribution in [-0.4, -0.2) is 40.6 Å². The van der Waals surface area contributed by atoms with Crippen LogP contribution in [0.15, 0.2) is 72.9 Å². The van der Waals surface area contributed by atoms with E-state index in [1.807, 2.05) is 58.7 Å². The number of hydrogen-bond donors (Lipinski definition) is 1. The van der Waals surface area contributed by atoms with Gasteiger partial charge in [0.15, 0.2) is 0 Å². The largest absolute Gasteiger partial charge is 0.495 e. The zero-order valence-corrected chi connectivity index (χ0v) is 21.4. The van der Waals surface area contributed by atoms with Crippen molar-refractivity contribution >= 4 is 23.1 Å². The number of nitrogens with one attached hydrogen (secondary N) is 1. The monoisotopic (exact) mass is 498 g/mol. The molecule has 4 aromatic rings. The molecule has 0 bridgehead atoms. The van der Waals surface area contributed by atoms with Gasteiger partial charge in [-0.2, -0.15) is 0 Å². The number of amides is 2. The molecule has 0 saturated heterocycles. The van der Waals surface area contributed by atoms with Crippen molar-refractivity contribution in [3.8, 4) is 10.8 Å². The maximum atomic E-state index is 14.0. The average Bonchev–Trinajstić information content (AvgIpc) is 3.50. The number of ether oxygens (including phenoxy) is 1. The van der Waals surface area contributed by atoms with Crippen LogP contribution >= 0.6 is 11.3 Å². The molecular formula is C29H30N4O2S. The Morgan fingerprint density at radius 3 is 2.64 bits per heavy atom. The number of aromatic nitrogens is 1. The van der Waals surface area contributed by atoms with Gasteiger partial charge in [0, 0.05) is 29.7 Å². The average molecular weight is 499 g/mol. The predicted octanol–water partition coefficient (Wildman–Crippen LogP) is 6.06. The van der Waals surface area contributed by atoms with Crippen molar-refractivity contribution < 1.29 is 9.53 Å². The number of methoxy groups -OCH3 is 1. The van der Waals surface area contributed by atoms with Crippen molar-refractivity contribution in [1.82, 2.24) is 14.4 Å². The molecular weight excluding hydrogens is 468 g/mol. The Labute approximate surface area is 215 Å². The highest BCUT2D eigenvalue weighted by Gasteiger charge is 2.36. The van der Waals surface area contributed by atoms with Crippen LogP contribution in [0.5, 0.6) is 5.75 Å². The lowest BCUT2D eigenvalue weighted by molar-refractivity contribution is 0.194. The number of benzene rings is 2. The molecule has 2 amide bonds. The van der Waals surface area contributed by atoms with E-state index in [0.717, 1.165) is 37.3 Å². The van der Waals surface area contributed by atoms with Gasteiger partial charge < -0.3 is 19.5 Å². The number of urea groups is 1. The molecule has 184 valence electrons. The van der Waals surface area contributed by atoms with Gasteiger partial charge in [0.25, 0.3) is 0 Å². The van der Waals surface area contributed by atoms with Crippen molar-refractivity contribution in [2.45, 2.75) is 32.5 Å². The van der Waals surface area contributed by atoms with Crippen molar-refractivity contribution in [2.75, 3.05) is 25.5 Å². The quantitative estimate of drug-likeness (QED) is 0.372. The molecule has 6 rings (SSSR count). The Bertz CT molecular complexity index is 1390. The second-order valence-corrected chi connectivity index (χ2v) is 10.4. The summed E-state index contributed by atoms with van der Waals surface area (Å²) >= 11 is 1.88. The highest BCUT2D eigenvalue weighted by atomic mass is 32.1. The van der Waals surface area contributed by atoms with Crippen molar-refractivity contribution in [2.24, 2.45) is 0 Å². The topological polar surface area (TPSA) is 49.7 Å². The van der Waals surface area contributed by atoms with Crippen LogP contribution in [0.1, 0.15) is 40.2 Å². The minimum atomic E-state index is -0.220. The lowest BCUT2D eigenvalue weighted by Crippen LogP contribution is -2.38. The SMILES string of the molecule is CCN1CCc2c(sc3c2CN(C(=O)Nc2ccccc2OC)[C@@H](c2ccccc2)c2cccn2-3)C1. The summed E-state index contributed by atoms with van der Waals surface area (Å²) in [6.07, 6.45) is 3.16. The number of fused-ring (bicyclic) bond motifs is 5. The summed E-state index contributed by atoms with van der Waals surface area (Å²) in [5, 5.41) is 4.39. The normalized spacial score (nSPS) is 17.1. The summed E-state index contributed by atoms with van der Waals surface area (Å²) in [4.78, 5) is 20.0. The molecule has 0 aliphatic carbocycles. The molecule has 6 nitrogen and oxygen atoms in total. The third-order valence-electron chi connectivity index (χ3n) is 7.32. The fourth-order valence-electron chi connectivity index (χ4n) is 5.47. The molecule has 7 heteroatoms. The Balaban J connectivity index is 1.48. The fraction of sp³-hybridized carbons (Fsp3) is 0.276. The van der Waals surface area contributed by atoms with Crippen LogP contribution in [0.2, 0.25) is 0 Å². The van der Waals surface area contributed by atoms with Gasteiger partial charge in [-0.25, -0.2) is 4.79 Å². The first kappa shape index (κ1) is 22.9. The number of carbonyl (C=O) groups is 1. The predicted molar refractivity (Wildman–Crippen MR) is 144 cm³/mol. The van der Waals surface area contributed by atoms with E-state index < -0.39 is 0 Å². The molecule has 0 radical (unpaired) electrons. The summed E-state index contributed by atoms with van der Waals surface area (Å²) in [6, 6.07) is 21.8. The third kappa shape index (κ3) is 3.88. The summed E-state index contributed by atoms with van der Waals surface area (Å²) in [7, 11) is 1.63. The van der Waals surface area contributed by atoms with Crippen molar-refractivity contribution in [3.63, 3.8) is 0 Å². The van der Waals surface area contributed by atoms with E-state index in [4.69, 9.17) is 4.74 Å². The van der Waals surface area contributed by atoms with Gasteiger partial charge in [0.2, 0.25) is 0 Å². The number of carbonyl (C=O) groups excluding carboxylic acids is 1. The van der Waals surface area contributed by atoms with Crippen molar-refractivity contribution in [3.05, 3.63) is 100 Å².